The van der Waals surface area contributed by atoms with E-state index >= 15 is 0 Å². The summed E-state index contributed by atoms with van der Waals surface area (Å²) in [5, 5.41) is 0. The van der Waals surface area contributed by atoms with Gasteiger partial charge in [-0.3, -0.25) is 9.59 Å². The van der Waals surface area contributed by atoms with Gasteiger partial charge >= 0.3 is 0 Å². The van der Waals surface area contributed by atoms with Crippen LogP contribution in [-0.4, -0.2) is 25.3 Å². The number of ether oxygens (including phenoxy) is 1. The summed E-state index contributed by atoms with van der Waals surface area (Å²) in [6.45, 7) is 2.45. The number of para-hydroxylation sites is 2. The van der Waals surface area contributed by atoms with Crippen molar-refractivity contribution in [3.8, 4) is 5.75 Å². The Hall–Kier alpha value is -3.66. The van der Waals surface area contributed by atoms with Gasteiger partial charge in [-0.25, -0.2) is 0 Å². The normalized spacial score (nSPS) is 18.3. The maximum Gasteiger partial charge on any atom is 0.241 e. The van der Waals surface area contributed by atoms with Crippen molar-refractivity contribution in [2.24, 2.45) is 5.41 Å². The number of hydrogen-bond acceptors (Lipinski definition) is 3. The molecule has 1 atom stereocenters. The highest BCUT2D eigenvalue weighted by molar-refractivity contribution is 6.20. The van der Waals surface area contributed by atoms with Crippen LogP contribution in [0.1, 0.15) is 34.3 Å². The van der Waals surface area contributed by atoms with E-state index in [1.165, 1.54) is 0 Å². The fraction of sp³-hybridized carbons (Fsp3) is 0.214. The van der Waals surface area contributed by atoms with E-state index in [-0.39, 0.29) is 11.7 Å². The van der Waals surface area contributed by atoms with Crippen molar-refractivity contribution in [1.29, 1.82) is 0 Å². The molecule has 3 aromatic carbocycles. The maximum atomic E-state index is 13.8. The first-order chi connectivity index (χ1) is 15.5. The monoisotopic (exact) mass is 425 g/mol. The smallest absolute Gasteiger partial charge is 0.241 e. The Morgan fingerprint density at radius 2 is 1.69 bits per heavy atom. The second kappa shape index (κ2) is 9.23. The number of aryl methyl sites for hydroxylation is 1. The fourth-order valence-corrected chi connectivity index (χ4v) is 4.29. The largest absolute Gasteiger partial charge is 0.495 e. The average Bonchev–Trinajstić information content (AvgIpc) is 3.16. The van der Waals surface area contributed by atoms with E-state index in [1.807, 2.05) is 97.9 Å². The van der Waals surface area contributed by atoms with Gasteiger partial charge in [-0.05, 0) is 37.5 Å². The quantitative estimate of drug-likeness (QED) is 0.360. The number of carbonyl (C=O) groups excluding carboxylic acids is 2. The number of nitrogens with zero attached hydrogens (tertiary/aromatic N) is 1. The first-order valence-electron chi connectivity index (χ1n) is 10.8. The highest BCUT2D eigenvalue weighted by Crippen LogP contribution is 2.43. The lowest BCUT2D eigenvalue weighted by atomic mass is 9.75. The Morgan fingerprint density at radius 3 is 2.41 bits per heavy atom. The summed E-state index contributed by atoms with van der Waals surface area (Å²) in [4.78, 5) is 29.3. The number of methoxy groups -OCH3 is 1. The number of anilines is 1. The molecule has 1 aliphatic rings. The standard InChI is InChI=1S/C28H27NO3/c1-21-14-16-23(17-15-21)26(30)28(18-8-11-22-9-4-3-5-10-22)19-20-29(27(28)31)24-12-6-7-13-25(24)32-2/h3-17H,18-20H2,1-2H3. The molecule has 1 amide bonds. The van der Waals surface area contributed by atoms with Gasteiger partial charge in [0.1, 0.15) is 11.2 Å². The summed E-state index contributed by atoms with van der Waals surface area (Å²) in [5.74, 6) is 0.321. The van der Waals surface area contributed by atoms with Crippen LogP contribution in [0.4, 0.5) is 5.69 Å². The Morgan fingerprint density at radius 1 is 1.00 bits per heavy atom. The summed E-state index contributed by atoms with van der Waals surface area (Å²) in [7, 11) is 1.59. The van der Waals surface area contributed by atoms with E-state index < -0.39 is 5.41 Å². The summed E-state index contributed by atoms with van der Waals surface area (Å²) in [5.41, 5.74) is 2.25. The minimum absolute atomic E-state index is 0.127. The van der Waals surface area contributed by atoms with Gasteiger partial charge in [-0.15, -0.1) is 0 Å². The summed E-state index contributed by atoms with van der Waals surface area (Å²) in [6, 6.07) is 24.8. The van der Waals surface area contributed by atoms with Gasteiger partial charge in [0.25, 0.3) is 0 Å². The maximum absolute atomic E-state index is 13.8. The second-order valence-corrected chi connectivity index (χ2v) is 8.17. The lowest BCUT2D eigenvalue weighted by Gasteiger charge is -2.26. The minimum Gasteiger partial charge on any atom is -0.495 e. The van der Waals surface area contributed by atoms with Crippen LogP contribution in [-0.2, 0) is 4.79 Å². The molecule has 162 valence electrons. The zero-order valence-electron chi connectivity index (χ0n) is 18.5. The molecule has 1 fully saturated rings. The molecule has 0 N–H and O–H groups in total. The molecule has 0 bridgehead atoms. The molecule has 1 heterocycles. The summed E-state index contributed by atoms with van der Waals surface area (Å²) < 4.78 is 5.48. The summed E-state index contributed by atoms with van der Waals surface area (Å²) >= 11 is 0. The number of benzene rings is 3. The van der Waals surface area contributed by atoms with Crippen molar-refractivity contribution < 1.29 is 14.3 Å². The van der Waals surface area contributed by atoms with Gasteiger partial charge in [0.2, 0.25) is 5.91 Å². The van der Waals surface area contributed by atoms with Crippen molar-refractivity contribution in [3.63, 3.8) is 0 Å². The molecule has 0 aromatic heterocycles. The predicted octanol–water partition coefficient (Wildman–Crippen LogP) is 5.71. The third kappa shape index (κ3) is 4.09. The third-order valence-corrected chi connectivity index (χ3v) is 6.12. The van der Waals surface area contributed by atoms with Crippen LogP contribution >= 0.6 is 0 Å². The van der Waals surface area contributed by atoms with Crippen LogP contribution in [0.25, 0.3) is 6.08 Å². The van der Waals surface area contributed by atoms with E-state index in [0.717, 1.165) is 11.1 Å². The molecule has 32 heavy (non-hydrogen) atoms. The molecule has 1 saturated heterocycles. The van der Waals surface area contributed by atoms with Crippen LogP contribution in [0.15, 0.2) is 84.9 Å². The van der Waals surface area contributed by atoms with Gasteiger partial charge in [-0.1, -0.05) is 84.4 Å². The molecule has 1 unspecified atom stereocenters. The van der Waals surface area contributed by atoms with Crippen LogP contribution in [0, 0.1) is 12.3 Å². The highest BCUT2D eigenvalue weighted by Gasteiger charge is 2.52. The van der Waals surface area contributed by atoms with E-state index in [2.05, 4.69) is 0 Å². The summed E-state index contributed by atoms with van der Waals surface area (Å²) in [6.07, 6.45) is 4.73. The molecular weight excluding hydrogens is 398 g/mol. The van der Waals surface area contributed by atoms with E-state index in [1.54, 1.807) is 12.0 Å². The second-order valence-electron chi connectivity index (χ2n) is 8.17. The van der Waals surface area contributed by atoms with Crippen LogP contribution < -0.4 is 9.64 Å². The zero-order valence-corrected chi connectivity index (χ0v) is 18.5. The average molecular weight is 426 g/mol. The number of hydrogen-bond donors (Lipinski definition) is 0. The fourth-order valence-electron chi connectivity index (χ4n) is 4.29. The van der Waals surface area contributed by atoms with Crippen LogP contribution in [0.2, 0.25) is 0 Å². The first kappa shape index (κ1) is 21.6. The highest BCUT2D eigenvalue weighted by atomic mass is 16.5. The van der Waals surface area contributed by atoms with Gasteiger partial charge < -0.3 is 9.64 Å². The van der Waals surface area contributed by atoms with Crippen molar-refractivity contribution in [3.05, 3.63) is 102 Å². The van der Waals surface area contributed by atoms with E-state index in [0.29, 0.717) is 36.4 Å². The molecule has 0 saturated carbocycles. The van der Waals surface area contributed by atoms with Gasteiger partial charge in [-0.2, -0.15) is 0 Å². The Bertz CT molecular complexity index is 1130. The first-order valence-corrected chi connectivity index (χ1v) is 10.8. The SMILES string of the molecule is COc1ccccc1N1CCC(CC=Cc2ccccc2)(C(=O)c2ccc(C)cc2)C1=O. The minimum atomic E-state index is -1.14. The number of rotatable bonds is 7. The molecule has 4 nitrogen and oxygen atoms in total. The number of carbonyl (C=O) groups is 2. The molecule has 0 spiro atoms. The molecule has 0 aliphatic carbocycles. The van der Waals surface area contributed by atoms with Crippen molar-refractivity contribution in [1.82, 2.24) is 0 Å². The number of amides is 1. The molecule has 4 rings (SSSR count). The van der Waals surface area contributed by atoms with Crippen molar-refractivity contribution >= 4 is 23.5 Å². The van der Waals surface area contributed by atoms with Crippen molar-refractivity contribution in [2.75, 3.05) is 18.6 Å². The molecular formula is C28H27NO3. The lowest BCUT2D eigenvalue weighted by Crippen LogP contribution is -2.40. The molecule has 0 radical (unpaired) electrons. The van der Waals surface area contributed by atoms with Crippen LogP contribution in [0.5, 0.6) is 5.75 Å². The number of ketones is 1. The van der Waals surface area contributed by atoms with Gasteiger partial charge in [0, 0.05) is 12.1 Å². The molecule has 3 aromatic rings. The Balaban J connectivity index is 1.70. The van der Waals surface area contributed by atoms with Crippen LogP contribution in [0.3, 0.4) is 0 Å². The Labute approximate surface area is 189 Å². The Kier molecular flexibility index (Phi) is 6.22. The van der Waals surface area contributed by atoms with E-state index in [9.17, 15) is 9.59 Å². The topological polar surface area (TPSA) is 46.6 Å². The molecule has 1 aliphatic heterocycles. The third-order valence-electron chi connectivity index (χ3n) is 6.12. The van der Waals surface area contributed by atoms with Crippen molar-refractivity contribution in [2.45, 2.75) is 19.8 Å². The number of allylic oxidation sites excluding steroid dienone is 1. The number of Topliss-reactive ketones (excluding diaryl/α,β-unsaturated/α-hetero) is 1. The zero-order chi connectivity index (χ0) is 22.6. The molecule has 4 heteroatoms. The predicted molar refractivity (Wildman–Crippen MR) is 128 cm³/mol. The van der Waals surface area contributed by atoms with E-state index in [4.69, 9.17) is 4.74 Å². The van der Waals surface area contributed by atoms with Gasteiger partial charge in [0.05, 0.1) is 12.8 Å². The lowest BCUT2D eigenvalue weighted by molar-refractivity contribution is -0.123. The van der Waals surface area contributed by atoms with Gasteiger partial charge in [0.15, 0.2) is 5.78 Å².